The first-order valence-corrected chi connectivity index (χ1v) is 8.40. The van der Waals surface area contributed by atoms with E-state index >= 15 is 0 Å². The van der Waals surface area contributed by atoms with Crippen molar-refractivity contribution in [3.63, 3.8) is 0 Å². The summed E-state index contributed by atoms with van der Waals surface area (Å²) in [5, 5.41) is 0. The van der Waals surface area contributed by atoms with E-state index in [1.165, 1.54) is 37.4 Å². The standard InChI is InChI=1S/C19H19F3N2O3/c1-26-17-12-13(2-7-16(17)27-19(21)22)18(25)24-10-8-23(9-11-24)15-5-3-14(20)4-6-15/h2-7,12,19H,8-11H2,1H3. The number of anilines is 1. The normalized spacial score (nSPS) is 14.4. The smallest absolute Gasteiger partial charge is 0.387 e. The highest BCUT2D eigenvalue weighted by atomic mass is 19.3. The van der Waals surface area contributed by atoms with Crippen LogP contribution in [0.25, 0.3) is 0 Å². The number of alkyl halides is 2. The van der Waals surface area contributed by atoms with Gasteiger partial charge in [-0.2, -0.15) is 8.78 Å². The van der Waals surface area contributed by atoms with Crippen molar-refractivity contribution in [2.45, 2.75) is 6.61 Å². The Bertz CT molecular complexity index is 791. The summed E-state index contributed by atoms with van der Waals surface area (Å²) in [6, 6.07) is 10.4. The SMILES string of the molecule is COc1cc(C(=O)N2CCN(c3ccc(F)cc3)CC2)ccc1OC(F)F. The molecule has 0 aromatic heterocycles. The number of carbonyl (C=O) groups is 1. The molecule has 2 aromatic carbocycles. The summed E-state index contributed by atoms with van der Waals surface area (Å²) in [5.74, 6) is -0.548. The van der Waals surface area contributed by atoms with Gasteiger partial charge in [0, 0.05) is 37.4 Å². The van der Waals surface area contributed by atoms with Gasteiger partial charge < -0.3 is 19.3 Å². The van der Waals surface area contributed by atoms with Crippen LogP contribution in [0.15, 0.2) is 42.5 Å². The summed E-state index contributed by atoms with van der Waals surface area (Å²) in [5.41, 5.74) is 1.24. The lowest BCUT2D eigenvalue weighted by molar-refractivity contribution is -0.0512. The van der Waals surface area contributed by atoms with Gasteiger partial charge in [0.1, 0.15) is 5.82 Å². The Morgan fingerprint density at radius 1 is 1.00 bits per heavy atom. The van der Waals surface area contributed by atoms with Crippen LogP contribution in [0.3, 0.4) is 0 Å². The van der Waals surface area contributed by atoms with Crippen molar-refractivity contribution in [3.8, 4) is 11.5 Å². The lowest BCUT2D eigenvalue weighted by Crippen LogP contribution is -2.48. The molecule has 1 heterocycles. The number of methoxy groups -OCH3 is 1. The van der Waals surface area contributed by atoms with Gasteiger partial charge in [-0.25, -0.2) is 4.39 Å². The third-order valence-electron chi connectivity index (χ3n) is 4.39. The third kappa shape index (κ3) is 4.45. The molecule has 0 atom stereocenters. The number of nitrogens with zero attached hydrogens (tertiary/aromatic N) is 2. The molecular weight excluding hydrogens is 361 g/mol. The Kier molecular flexibility index (Phi) is 5.73. The third-order valence-corrected chi connectivity index (χ3v) is 4.39. The highest BCUT2D eigenvalue weighted by Crippen LogP contribution is 2.30. The second-order valence-electron chi connectivity index (χ2n) is 6.00. The average molecular weight is 380 g/mol. The zero-order chi connectivity index (χ0) is 19.4. The summed E-state index contributed by atoms with van der Waals surface area (Å²) < 4.78 is 47.3. The van der Waals surface area contributed by atoms with Gasteiger partial charge in [0.15, 0.2) is 11.5 Å². The van der Waals surface area contributed by atoms with Gasteiger partial charge in [-0.1, -0.05) is 0 Å². The monoisotopic (exact) mass is 380 g/mol. The first-order valence-electron chi connectivity index (χ1n) is 8.40. The number of hydrogen-bond acceptors (Lipinski definition) is 4. The molecule has 2 aromatic rings. The maximum atomic E-state index is 13.0. The highest BCUT2D eigenvalue weighted by Gasteiger charge is 2.23. The van der Waals surface area contributed by atoms with Crippen molar-refractivity contribution in [3.05, 3.63) is 53.8 Å². The van der Waals surface area contributed by atoms with E-state index in [0.717, 1.165) is 5.69 Å². The Labute approximate surface area is 154 Å². The van der Waals surface area contributed by atoms with Gasteiger partial charge in [-0.05, 0) is 42.5 Å². The zero-order valence-electron chi connectivity index (χ0n) is 14.7. The minimum atomic E-state index is -2.97. The molecule has 0 aliphatic carbocycles. The van der Waals surface area contributed by atoms with E-state index in [2.05, 4.69) is 9.64 Å². The predicted octanol–water partition coefficient (Wildman–Crippen LogP) is 3.40. The van der Waals surface area contributed by atoms with Gasteiger partial charge in [-0.3, -0.25) is 4.79 Å². The first-order chi connectivity index (χ1) is 13.0. The summed E-state index contributed by atoms with van der Waals surface area (Å²) in [6.45, 7) is -0.760. The molecule has 0 N–H and O–H groups in total. The molecule has 0 unspecified atom stereocenters. The number of ether oxygens (including phenoxy) is 2. The largest absolute Gasteiger partial charge is 0.493 e. The van der Waals surface area contributed by atoms with Gasteiger partial charge in [0.05, 0.1) is 7.11 Å². The van der Waals surface area contributed by atoms with Crippen LogP contribution in [0.1, 0.15) is 10.4 Å². The molecule has 1 fully saturated rings. The van der Waals surface area contributed by atoms with Crippen LogP contribution in [0.5, 0.6) is 11.5 Å². The number of rotatable bonds is 5. The fourth-order valence-electron chi connectivity index (χ4n) is 3.00. The molecule has 8 heteroatoms. The Hall–Kier alpha value is -2.90. The van der Waals surface area contributed by atoms with Crippen molar-refractivity contribution in [2.75, 3.05) is 38.2 Å². The molecule has 1 amide bonds. The van der Waals surface area contributed by atoms with Crippen molar-refractivity contribution in [1.82, 2.24) is 4.90 Å². The van der Waals surface area contributed by atoms with Crippen LogP contribution in [0, 0.1) is 5.82 Å². The molecule has 1 aliphatic rings. The molecule has 0 saturated carbocycles. The summed E-state index contributed by atoms with van der Waals surface area (Å²) in [6.07, 6.45) is 0. The first kappa shape index (κ1) is 18.9. The van der Waals surface area contributed by atoms with E-state index < -0.39 is 6.61 Å². The highest BCUT2D eigenvalue weighted by molar-refractivity contribution is 5.95. The number of hydrogen-bond donors (Lipinski definition) is 0. The minimum absolute atomic E-state index is 0.0751. The zero-order valence-corrected chi connectivity index (χ0v) is 14.7. The molecule has 1 aliphatic heterocycles. The lowest BCUT2D eigenvalue weighted by atomic mass is 10.1. The molecule has 1 saturated heterocycles. The second kappa shape index (κ2) is 8.20. The number of amides is 1. The number of halogens is 3. The summed E-state index contributed by atoms with van der Waals surface area (Å²) >= 11 is 0. The van der Waals surface area contributed by atoms with E-state index in [0.29, 0.717) is 31.7 Å². The van der Waals surface area contributed by atoms with E-state index in [1.807, 2.05) is 0 Å². The molecular formula is C19H19F3N2O3. The molecule has 5 nitrogen and oxygen atoms in total. The average Bonchev–Trinajstić information content (AvgIpc) is 2.68. The topological polar surface area (TPSA) is 42.0 Å². The number of piperazine rings is 1. The van der Waals surface area contributed by atoms with Crippen molar-refractivity contribution < 1.29 is 27.4 Å². The molecule has 0 radical (unpaired) electrons. The van der Waals surface area contributed by atoms with Gasteiger partial charge >= 0.3 is 6.61 Å². The summed E-state index contributed by atoms with van der Waals surface area (Å²) in [7, 11) is 1.32. The Morgan fingerprint density at radius 2 is 1.67 bits per heavy atom. The van der Waals surface area contributed by atoms with Crippen LogP contribution in [-0.2, 0) is 0 Å². The molecule has 27 heavy (non-hydrogen) atoms. The maximum Gasteiger partial charge on any atom is 0.387 e. The van der Waals surface area contributed by atoms with E-state index in [4.69, 9.17) is 4.74 Å². The number of carbonyl (C=O) groups excluding carboxylic acids is 1. The fourth-order valence-corrected chi connectivity index (χ4v) is 3.00. The van der Waals surface area contributed by atoms with E-state index in [-0.39, 0.29) is 23.2 Å². The molecule has 3 rings (SSSR count). The van der Waals surface area contributed by atoms with Crippen LogP contribution >= 0.6 is 0 Å². The Morgan fingerprint density at radius 3 is 2.26 bits per heavy atom. The minimum Gasteiger partial charge on any atom is -0.493 e. The number of benzene rings is 2. The van der Waals surface area contributed by atoms with Gasteiger partial charge in [-0.15, -0.1) is 0 Å². The van der Waals surface area contributed by atoms with Crippen LogP contribution in [0.4, 0.5) is 18.9 Å². The van der Waals surface area contributed by atoms with E-state index in [1.54, 1.807) is 17.0 Å². The van der Waals surface area contributed by atoms with Crippen LogP contribution < -0.4 is 14.4 Å². The quantitative estimate of drug-likeness (QED) is 0.798. The van der Waals surface area contributed by atoms with Gasteiger partial charge in [0.25, 0.3) is 5.91 Å². The molecule has 144 valence electrons. The van der Waals surface area contributed by atoms with E-state index in [9.17, 15) is 18.0 Å². The van der Waals surface area contributed by atoms with Crippen molar-refractivity contribution >= 4 is 11.6 Å². The Balaban J connectivity index is 1.66. The van der Waals surface area contributed by atoms with Crippen LogP contribution in [-0.4, -0.2) is 50.7 Å². The van der Waals surface area contributed by atoms with Gasteiger partial charge in [0.2, 0.25) is 0 Å². The predicted molar refractivity (Wildman–Crippen MR) is 94.1 cm³/mol. The summed E-state index contributed by atoms with van der Waals surface area (Å²) in [4.78, 5) is 16.5. The van der Waals surface area contributed by atoms with Crippen molar-refractivity contribution in [1.29, 1.82) is 0 Å². The van der Waals surface area contributed by atoms with Crippen molar-refractivity contribution in [2.24, 2.45) is 0 Å². The fraction of sp³-hybridized carbons (Fsp3) is 0.316. The molecule has 0 bridgehead atoms. The molecule has 0 spiro atoms. The van der Waals surface area contributed by atoms with Crippen LogP contribution in [0.2, 0.25) is 0 Å². The maximum absolute atomic E-state index is 13.0. The lowest BCUT2D eigenvalue weighted by Gasteiger charge is -2.36. The second-order valence-corrected chi connectivity index (χ2v) is 6.00.